The van der Waals surface area contributed by atoms with Gasteiger partial charge in [-0.15, -0.1) is 22.0 Å². The van der Waals surface area contributed by atoms with Crippen LogP contribution in [0, 0.1) is 5.82 Å². The van der Waals surface area contributed by atoms with Crippen molar-refractivity contribution < 1.29 is 36.6 Å². The standard InChI is InChI=1S/C22H18ClF4N3O4S/c1-32-14-6-4-5-11(18(14)34-3)19-12-7-10(23)8-13(24)17(12)30-20(15(35-19)9-16(31)33-2)28-29-21(30)22(25,26)27/h4-8,15,19H,9H2,1-3H3/t15-,19-/m1/s1. The van der Waals surface area contributed by atoms with Gasteiger partial charge in [-0.25, -0.2) is 4.39 Å². The summed E-state index contributed by atoms with van der Waals surface area (Å²) in [7, 11) is 4.00. The summed E-state index contributed by atoms with van der Waals surface area (Å²) < 4.78 is 73.5. The normalized spacial score (nSPS) is 17.3. The van der Waals surface area contributed by atoms with E-state index in [1.807, 2.05) is 0 Å². The number of halogens is 5. The van der Waals surface area contributed by atoms with Crippen LogP contribution in [0.5, 0.6) is 11.5 Å². The van der Waals surface area contributed by atoms with Crippen LogP contribution in [0.25, 0.3) is 5.69 Å². The van der Waals surface area contributed by atoms with E-state index in [0.717, 1.165) is 24.9 Å². The highest BCUT2D eigenvalue weighted by atomic mass is 35.5. The Hall–Kier alpha value is -2.99. The molecule has 0 N–H and O–H groups in total. The van der Waals surface area contributed by atoms with Crippen LogP contribution in [0.1, 0.15) is 39.7 Å². The Morgan fingerprint density at radius 3 is 2.51 bits per heavy atom. The average molecular weight is 532 g/mol. The number of esters is 1. The van der Waals surface area contributed by atoms with Crippen molar-refractivity contribution in [1.29, 1.82) is 0 Å². The fraction of sp³-hybridized carbons (Fsp3) is 0.318. The molecule has 13 heteroatoms. The van der Waals surface area contributed by atoms with Crippen molar-refractivity contribution in [3.63, 3.8) is 0 Å². The minimum absolute atomic E-state index is 0.0247. The minimum Gasteiger partial charge on any atom is -0.493 e. The second-order valence-electron chi connectivity index (χ2n) is 7.41. The van der Waals surface area contributed by atoms with Gasteiger partial charge < -0.3 is 14.2 Å². The molecule has 7 nitrogen and oxygen atoms in total. The van der Waals surface area contributed by atoms with Crippen LogP contribution in [0.4, 0.5) is 17.6 Å². The smallest absolute Gasteiger partial charge is 0.452 e. The lowest BCUT2D eigenvalue weighted by molar-refractivity contribution is -0.146. The minimum atomic E-state index is -4.96. The molecule has 2 heterocycles. The number of para-hydroxylation sites is 1. The van der Waals surface area contributed by atoms with Gasteiger partial charge in [-0.1, -0.05) is 23.7 Å². The highest BCUT2D eigenvalue weighted by Crippen LogP contribution is 2.55. The summed E-state index contributed by atoms with van der Waals surface area (Å²) >= 11 is 7.22. The largest absolute Gasteiger partial charge is 0.493 e. The van der Waals surface area contributed by atoms with Crippen LogP contribution in [0.2, 0.25) is 5.02 Å². The van der Waals surface area contributed by atoms with Gasteiger partial charge in [0.05, 0.1) is 43.9 Å². The van der Waals surface area contributed by atoms with Crippen LogP contribution in [0.15, 0.2) is 30.3 Å². The van der Waals surface area contributed by atoms with E-state index in [1.165, 1.54) is 20.3 Å². The van der Waals surface area contributed by atoms with E-state index in [9.17, 15) is 18.0 Å². The van der Waals surface area contributed by atoms with E-state index >= 15 is 4.39 Å². The Balaban J connectivity index is 2.07. The van der Waals surface area contributed by atoms with E-state index in [4.69, 9.17) is 25.8 Å². The highest BCUT2D eigenvalue weighted by molar-refractivity contribution is 8.00. The van der Waals surface area contributed by atoms with Crippen LogP contribution in [-0.4, -0.2) is 42.1 Å². The van der Waals surface area contributed by atoms with Crippen molar-refractivity contribution in [1.82, 2.24) is 14.8 Å². The topological polar surface area (TPSA) is 75.5 Å². The third-order valence-corrected chi connectivity index (χ3v) is 7.09. The van der Waals surface area contributed by atoms with E-state index in [0.29, 0.717) is 21.6 Å². The van der Waals surface area contributed by atoms with Gasteiger partial charge in [0.2, 0.25) is 5.82 Å². The van der Waals surface area contributed by atoms with E-state index < -0.39 is 40.0 Å². The first kappa shape index (κ1) is 25.1. The number of methoxy groups -OCH3 is 3. The van der Waals surface area contributed by atoms with Crippen molar-refractivity contribution in [2.75, 3.05) is 21.3 Å². The fourth-order valence-electron chi connectivity index (χ4n) is 3.96. The number of benzene rings is 2. The number of hydrogen-bond donors (Lipinski definition) is 0. The Bertz CT molecular complexity index is 1280. The molecule has 2 aromatic carbocycles. The molecule has 1 aromatic heterocycles. The first-order valence-electron chi connectivity index (χ1n) is 10.1. The van der Waals surface area contributed by atoms with Gasteiger partial charge in [-0.3, -0.25) is 9.36 Å². The number of nitrogens with zero attached hydrogens (tertiary/aromatic N) is 3. The van der Waals surface area contributed by atoms with Crippen LogP contribution in [-0.2, 0) is 15.7 Å². The molecule has 1 aliphatic heterocycles. The number of hydrogen-bond acceptors (Lipinski definition) is 7. The Kier molecular flexibility index (Phi) is 6.87. The number of ether oxygens (including phenoxy) is 3. The second-order valence-corrected chi connectivity index (χ2v) is 9.16. The molecule has 1 aliphatic rings. The van der Waals surface area contributed by atoms with Gasteiger partial charge in [0.15, 0.2) is 17.3 Å². The molecule has 0 unspecified atom stereocenters. The van der Waals surface area contributed by atoms with Gasteiger partial charge >= 0.3 is 12.1 Å². The number of carbonyl (C=O) groups excluding carboxylic acids is 1. The maximum absolute atomic E-state index is 15.4. The summed E-state index contributed by atoms with van der Waals surface area (Å²) in [4.78, 5) is 12.2. The quantitative estimate of drug-likeness (QED) is 0.316. The number of fused-ring (bicyclic) bond motifs is 3. The zero-order valence-electron chi connectivity index (χ0n) is 18.5. The van der Waals surface area contributed by atoms with Crippen molar-refractivity contribution in [2.24, 2.45) is 0 Å². The van der Waals surface area contributed by atoms with E-state index in [-0.39, 0.29) is 22.8 Å². The molecule has 0 spiro atoms. The van der Waals surface area contributed by atoms with Gasteiger partial charge in [0, 0.05) is 10.6 Å². The third-order valence-electron chi connectivity index (χ3n) is 5.39. The summed E-state index contributed by atoms with van der Waals surface area (Å²) in [5, 5.41) is 5.18. The molecule has 0 amide bonds. The molecular formula is C22H18ClF4N3O4S. The van der Waals surface area contributed by atoms with Crippen molar-refractivity contribution in [3.05, 3.63) is 63.9 Å². The molecule has 35 heavy (non-hydrogen) atoms. The molecule has 0 bridgehead atoms. The molecule has 0 radical (unpaired) electrons. The molecule has 0 saturated heterocycles. The van der Waals surface area contributed by atoms with Gasteiger partial charge in [-0.2, -0.15) is 13.2 Å². The van der Waals surface area contributed by atoms with Gasteiger partial charge in [0.1, 0.15) is 5.82 Å². The molecule has 0 saturated carbocycles. The molecule has 0 fully saturated rings. The maximum atomic E-state index is 15.4. The number of aromatic nitrogens is 3. The summed E-state index contributed by atoms with van der Waals surface area (Å²) in [5.41, 5.74) is 0.170. The Labute approximate surface area is 206 Å². The van der Waals surface area contributed by atoms with Crippen LogP contribution < -0.4 is 9.47 Å². The average Bonchev–Trinajstić information content (AvgIpc) is 3.20. The van der Waals surface area contributed by atoms with Crippen molar-refractivity contribution in [3.8, 4) is 17.2 Å². The van der Waals surface area contributed by atoms with Gasteiger partial charge in [0.25, 0.3) is 0 Å². The number of carbonyl (C=O) groups is 1. The van der Waals surface area contributed by atoms with Crippen molar-refractivity contribution in [2.45, 2.75) is 23.1 Å². The zero-order chi connectivity index (χ0) is 25.5. The van der Waals surface area contributed by atoms with Crippen molar-refractivity contribution >= 4 is 29.3 Å². The lowest BCUT2D eigenvalue weighted by Gasteiger charge is -2.23. The summed E-state index contributed by atoms with van der Waals surface area (Å²) in [6.45, 7) is 0. The fourth-order valence-corrected chi connectivity index (χ4v) is 5.67. The lowest BCUT2D eigenvalue weighted by Crippen LogP contribution is -2.18. The summed E-state index contributed by atoms with van der Waals surface area (Å²) in [5.74, 6) is -2.72. The maximum Gasteiger partial charge on any atom is 0.452 e. The predicted octanol–water partition coefficient (Wildman–Crippen LogP) is 5.54. The lowest BCUT2D eigenvalue weighted by atomic mass is 10.0. The first-order chi connectivity index (χ1) is 16.6. The highest BCUT2D eigenvalue weighted by Gasteiger charge is 2.44. The predicted molar refractivity (Wildman–Crippen MR) is 120 cm³/mol. The third kappa shape index (κ3) is 4.52. The molecule has 4 rings (SSSR count). The molecule has 186 valence electrons. The van der Waals surface area contributed by atoms with Crippen LogP contribution >= 0.6 is 23.4 Å². The summed E-state index contributed by atoms with van der Waals surface area (Å²) in [6, 6.07) is 7.27. The molecular weight excluding hydrogens is 514 g/mol. The van der Waals surface area contributed by atoms with Gasteiger partial charge in [-0.05, 0) is 23.8 Å². The summed E-state index contributed by atoms with van der Waals surface area (Å²) in [6.07, 6.45) is -5.30. The number of alkyl halides is 3. The van der Waals surface area contributed by atoms with E-state index in [2.05, 4.69) is 10.2 Å². The molecule has 2 atom stereocenters. The number of rotatable bonds is 5. The van der Waals surface area contributed by atoms with E-state index in [1.54, 1.807) is 18.2 Å². The first-order valence-corrected chi connectivity index (χ1v) is 11.4. The van der Waals surface area contributed by atoms with Crippen LogP contribution in [0.3, 0.4) is 0 Å². The molecule has 3 aromatic rings. The Morgan fingerprint density at radius 1 is 1.14 bits per heavy atom. The number of thioether (sulfide) groups is 1. The zero-order valence-corrected chi connectivity index (χ0v) is 20.1. The SMILES string of the molecule is COC(=O)C[C@H]1S[C@H](c2cccc(OC)c2OC)c2cc(Cl)cc(F)c2-n2c1nnc2C(F)(F)F. The monoisotopic (exact) mass is 531 g/mol. The second kappa shape index (κ2) is 9.57. The Morgan fingerprint density at radius 2 is 1.89 bits per heavy atom. The molecule has 0 aliphatic carbocycles.